The predicted molar refractivity (Wildman–Crippen MR) is 64.2 cm³/mol. The lowest BCUT2D eigenvalue weighted by Crippen LogP contribution is -2.26. The molecule has 2 heterocycles. The Kier molecular flexibility index (Phi) is 2.32. The molecule has 0 aromatic carbocycles. The molecule has 1 aliphatic heterocycles. The summed E-state index contributed by atoms with van der Waals surface area (Å²) >= 11 is 0. The molecule has 1 saturated carbocycles. The van der Waals surface area contributed by atoms with Gasteiger partial charge in [-0.15, -0.1) is 0 Å². The Balaban J connectivity index is 1.43. The Bertz CT molecular complexity index is 384. The van der Waals surface area contributed by atoms with Crippen molar-refractivity contribution in [3.63, 3.8) is 0 Å². The first kappa shape index (κ1) is 10.3. The quantitative estimate of drug-likeness (QED) is 0.771. The van der Waals surface area contributed by atoms with E-state index in [1.54, 1.807) is 0 Å². The summed E-state index contributed by atoms with van der Waals surface area (Å²) in [5, 5.41) is 0. The maximum absolute atomic E-state index is 4.25. The molecule has 88 valence electrons. The van der Waals surface area contributed by atoms with Crippen LogP contribution in [0.2, 0.25) is 0 Å². The Labute approximate surface area is 97.5 Å². The van der Waals surface area contributed by atoms with Crippen LogP contribution in [0.15, 0.2) is 12.4 Å². The van der Waals surface area contributed by atoms with Gasteiger partial charge in [0.25, 0.3) is 0 Å². The highest BCUT2D eigenvalue weighted by Gasteiger charge is 2.55. The molecule has 1 aromatic rings. The third-order valence-electron chi connectivity index (χ3n) is 4.40. The van der Waals surface area contributed by atoms with Crippen molar-refractivity contribution in [2.45, 2.75) is 33.2 Å². The van der Waals surface area contributed by atoms with Crippen LogP contribution in [-0.4, -0.2) is 34.1 Å². The molecule has 2 aliphatic rings. The van der Waals surface area contributed by atoms with Crippen LogP contribution < -0.4 is 0 Å². The van der Waals surface area contributed by atoms with E-state index in [-0.39, 0.29) is 0 Å². The van der Waals surface area contributed by atoms with Gasteiger partial charge in [-0.3, -0.25) is 0 Å². The van der Waals surface area contributed by atoms with E-state index in [0.29, 0.717) is 5.41 Å². The standard InChI is InChI=1S/C13H21N3/c1-11-14-4-7-16(11)6-3-5-15-9-12-8-13(12,2)10-15/h4,7,12H,3,5-6,8-10H2,1-2H3. The molecular formula is C13H21N3. The summed E-state index contributed by atoms with van der Waals surface area (Å²) in [6.45, 7) is 9.57. The Morgan fingerprint density at radius 3 is 3.00 bits per heavy atom. The van der Waals surface area contributed by atoms with Gasteiger partial charge in [0.05, 0.1) is 0 Å². The summed E-state index contributed by atoms with van der Waals surface area (Å²) in [4.78, 5) is 6.89. The summed E-state index contributed by atoms with van der Waals surface area (Å²) in [6.07, 6.45) is 6.70. The van der Waals surface area contributed by atoms with E-state index in [1.807, 2.05) is 6.20 Å². The lowest BCUT2D eigenvalue weighted by molar-refractivity contribution is 0.277. The van der Waals surface area contributed by atoms with Gasteiger partial charge in [0, 0.05) is 32.0 Å². The van der Waals surface area contributed by atoms with Crippen molar-refractivity contribution in [1.29, 1.82) is 0 Å². The van der Waals surface area contributed by atoms with Gasteiger partial charge in [-0.2, -0.15) is 0 Å². The van der Waals surface area contributed by atoms with E-state index in [9.17, 15) is 0 Å². The molecule has 0 N–H and O–H groups in total. The molecule has 0 amide bonds. The maximum Gasteiger partial charge on any atom is 0.105 e. The molecule has 1 aliphatic carbocycles. The lowest BCUT2D eigenvalue weighted by Gasteiger charge is -2.19. The van der Waals surface area contributed by atoms with Gasteiger partial charge >= 0.3 is 0 Å². The zero-order chi connectivity index (χ0) is 11.2. The fourth-order valence-electron chi connectivity index (χ4n) is 3.14. The zero-order valence-electron chi connectivity index (χ0n) is 10.3. The first-order chi connectivity index (χ1) is 7.67. The Morgan fingerprint density at radius 2 is 2.38 bits per heavy atom. The summed E-state index contributed by atoms with van der Waals surface area (Å²) in [5.74, 6) is 2.15. The molecule has 3 nitrogen and oxygen atoms in total. The molecule has 2 atom stereocenters. The number of piperidine rings is 1. The van der Waals surface area contributed by atoms with Crippen molar-refractivity contribution in [1.82, 2.24) is 14.5 Å². The number of aromatic nitrogens is 2. The second-order valence-electron chi connectivity index (χ2n) is 5.81. The molecule has 1 saturated heterocycles. The molecule has 1 aromatic heterocycles. The number of hydrogen-bond acceptors (Lipinski definition) is 2. The van der Waals surface area contributed by atoms with Gasteiger partial charge < -0.3 is 9.47 Å². The zero-order valence-corrected chi connectivity index (χ0v) is 10.3. The minimum Gasteiger partial charge on any atom is -0.335 e. The van der Waals surface area contributed by atoms with Crippen molar-refractivity contribution in [2.75, 3.05) is 19.6 Å². The minimum atomic E-state index is 0.699. The number of rotatable bonds is 4. The number of aryl methyl sites for hydroxylation is 2. The third-order valence-corrected chi connectivity index (χ3v) is 4.40. The molecule has 0 radical (unpaired) electrons. The van der Waals surface area contributed by atoms with E-state index in [4.69, 9.17) is 0 Å². The monoisotopic (exact) mass is 219 g/mol. The number of nitrogens with zero attached hydrogens (tertiary/aromatic N) is 3. The fraction of sp³-hybridized carbons (Fsp3) is 0.769. The van der Waals surface area contributed by atoms with Crippen LogP contribution >= 0.6 is 0 Å². The molecule has 0 spiro atoms. The molecule has 3 heteroatoms. The predicted octanol–water partition coefficient (Wildman–Crippen LogP) is 1.92. The molecule has 3 rings (SSSR count). The van der Waals surface area contributed by atoms with Crippen molar-refractivity contribution in [2.24, 2.45) is 11.3 Å². The Morgan fingerprint density at radius 1 is 1.50 bits per heavy atom. The van der Waals surface area contributed by atoms with Gasteiger partial charge in [-0.25, -0.2) is 4.98 Å². The molecule has 0 bridgehead atoms. The highest BCUT2D eigenvalue weighted by molar-refractivity contribution is 5.07. The van der Waals surface area contributed by atoms with Crippen molar-refractivity contribution < 1.29 is 0 Å². The van der Waals surface area contributed by atoms with Gasteiger partial charge in [-0.05, 0) is 37.6 Å². The van der Waals surface area contributed by atoms with E-state index < -0.39 is 0 Å². The van der Waals surface area contributed by atoms with Crippen LogP contribution in [0.3, 0.4) is 0 Å². The SMILES string of the molecule is Cc1nccn1CCCN1CC2CC2(C)C1. The first-order valence-electron chi connectivity index (χ1n) is 6.37. The van der Waals surface area contributed by atoms with E-state index in [1.165, 1.54) is 32.5 Å². The normalized spacial score (nSPS) is 33.0. The third kappa shape index (κ3) is 1.77. The molecular weight excluding hydrogens is 198 g/mol. The number of likely N-dealkylation sites (tertiary alicyclic amines) is 1. The highest BCUT2D eigenvalue weighted by atomic mass is 15.2. The van der Waals surface area contributed by atoms with Gasteiger partial charge in [-0.1, -0.05) is 6.92 Å². The number of imidazole rings is 1. The van der Waals surface area contributed by atoms with Gasteiger partial charge in [0.1, 0.15) is 5.82 Å². The van der Waals surface area contributed by atoms with Crippen LogP contribution in [-0.2, 0) is 6.54 Å². The lowest BCUT2D eigenvalue weighted by atomic mass is 10.1. The second kappa shape index (κ2) is 3.59. The van der Waals surface area contributed by atoms with E-state index >= 15 is 0 Å². The maximum atomic E-state index is 4.25. The second-order valence-corrected chi connectivity index (χ2v) is 5.81. The van der Waals surface area contributed by atoms with Crippen molar-refractivity contribution >= 4 is 0 Å². The fourth-order valence-corrected chi connectivity index (χ4v) is 3.14. The van der Waals surface area contributed by atoms with E-state index in [2.05, 4.69) is 34.5 Å². The van der Waals surface area contributed by atoms with Crippen LogP contribution in [0.4, 0.5) is 0 Å². The van der Waals surface area contributed by atoms with Gasteiger partial charge in [0.2, 0.25) is 0 Å². The number of fused-ring (bicyclic) bond motifs is 1. The molecule has 16 heavy (non-hydrogen) atoms. The van der Waals surface area contributed by atoms with Gasteiger partial charge in [0.15, 0.2) is 0 Å². The van der Waals surface area contributed by atoms with Crippen LogP contribution in [0.25, 0.3) is 0 Å². The topological polar surface area (TPSA) is 21.1 Å². The molecule has 2 fully saturated rings. The minimum absolute atomic E-state index is 0.699. The van der Waals surface area contributed by atoms with Crippen molar-refractivity contribution in [3.05, 3.63) is 18.2 Å². The van der Waals surface area contributed by atoms with Crippen LogP contribution in [0.1, 0.15) is 25.6 Å². The largest absolute Gasteiger partial charge is 0.335 e. The Hall–Kier alpha value is -0.830. The average Bonchev–Trinajstić information content (AvgIpc) is 2.59. The highest BCUT2D eigenvalue weighted by Crippen LogP contribution is 2.57. The summed E-state index contributed by atoms with van der Waals surface area (Å²) in [7, 11) is 0. The van der Waals surface area contributed by atoms with Crippen LogP contribution in [0.5, 0.6) is 0 Å². The van der Waals surface area contributed by atoms with Crippen molar-refractivity contribution in [3.8, 4) is 0 Å². The summed E-state index contributed by atoms with van der Waals surface area (Å²) in [6, 6.07) is 0. The van der Waals surface area contributed by atoms with Crippen LogP contribution in [0, 0.1) is 18.3 Å². The summed E-state index contributed by atoms with van der Waals surface area (Å²) in [5.41, 5.74) is 0.699. The van der Waals surface area contributed by atoms with E-state index in [0.717, 1.165) is 18.3 Å². The number of hydrogen-bond donors (Lipinski definition) is 0. The first-order valence-corrected chi connectivity index (χ1v) is 6.37. The molecule has 2 unspecified atom stereocenters. The summed E-state index contributed by atoms with van der Waals surface area (Å²) < 4.78 is 2.25. The smallest absolute Gasteiger partial charge is 0.105 e. The average molecular weight is 219 g/mol.